The molecule has 0 fully saturated rings. The topological polar surface area (TPSA) is 128 Å². The quantitative estimate of drug-likeness (QED) is 0.0583. The summed E-state index contributed by atoms with van der Waals surface area (Å²) in [6.07, 6.45) is 11.6. The Kier molecular flexibility index (Phi) is 40.9. The van der Waals surface area contributed by atoms with E-state index in [1.165, 1.54) is 44.9 Å². The summed E-state index contributed by atoms with van der Waals surface area (Å²) < 4.78 is 65.7. The number of hydrogen-bond donors (Lipinski definition) is 0. The molecule has 0 aliphatic rings. The van der Waals surface area contributed by atoms with Crippen LogP contribution in [0.3, 0.4) is 0 Å². The van der Waals surface area contributed by atoms with Crippen molar-refractivity contribution >= 4 is 5.97 Å². The highest BCUT2D eigenvalue weighted by Crippen LogP contribution is 2.10. The van der Waals surface area contributed by atoms with Gasteiger partial charge in [-0.25, -0.2) is 0 Å². The predicted octanol–water partition coefficient (Wildman–Crippen LogP) is 5.83. The third kappa shape index (κ3) is 39.9. The van der Waals surface area contributed by atoms with Gasteiger partial charge in [0.05, 0.1) is 145 Å². The van der Waals surface area contributed by atoms with Crippen LogP contribution in [-0.2, 0) is 68.2 Å². The van der Waals surface area contributed by atoms with E-state index in [1.54, 1.807) is 0 Å². The number of unbranched alkanes of at least 4 members (excludes halogenated alkanes) is 8. The molecule has 0 aliphatic heterocycles. The number of carbonyl (C=O) groups is 1. The van der Waals surface area contributed by atoms with Gasteiger partial charge in [0.15, 0.2) is 0 Å². The summed E-state index contributed by atoms with van der Waals surface area (Å²) in [5, 5.41) is 0. The lowest BCUT2D eigenvalue weighted by Gasteiger charge is -2.09. The maximum atomic E-state index is 11.8. The molecule has 0 N–H and O–H groups in total. The Morgan fingerprint density at radius 3 is 1.02 bits per heavy atom. The molecule has 316 valence electrons. The van der Waals surface area contributed by atoms with E-state index in [0.29, 0.717) is 152 Å². The zero-order valence-corrected chi connectivity index (χ0v) is 33.5. The van der Waals surface area contributed by atoms with Gasteiger partial charge in [0.2, 0.25) is 0 Å². The van der Waals surface area contributed by atoms with E-state index < -0.39 is 0 Å². The second-order valence-electron chi connectivity index (χ2n) is 12.5. The summed E-state index contributed by atoms with van der Waals surface area (Å²) in [5.41, 5.74) is 1.16. The molecule has 0 unspecified atom stereocenters. The van der Waals surface area contributed by atoms with Crippen molar-refractivity contribution in [1.82, 2.24) is 0 Å². The van der Waals surface area contributed by atoms with Crippen molar-refractivity contribution in [3.05, 3.63) is 35.9 Å². The fourth-order valence-electron chi connectivity index (χ4n) is 4.83. The van der Waals surface area contributed by atoms with Gasteiger partial charge in [-0.2, -0.15) is 0 Å². The molecular weight excluding hydrogens is 700 g/mol. The second-order valence-corrected chi connectivity index (χ2v) is 12.5. The van der Waals surface area contributed by atoms with Gasteiger partial charge >= 0.3 is 5.97 Å². The van der Waals surface area contributed by atoms with Gasteiger partial charge in [0.1, 0.15) is 6.61 Å². The number of ether oxygens (including phenoxy) is 12. The molecule has 54 heavy (non-hydrogen) atoms. The lowest BCUT2D eigenvalue weighted by atomic mass is 10.1. The molecule has 0 radical (unpaired) electrons. The van der Waals surface area contributed by atoms with Crippen molar-refractivity contribution in [2.45, 2.75) is 77.7 Å². The number of hydrogen-bond acceptors (Lipinski definition) is 13. The van der Waals surface area contributed by atoms with E-state index in [-0.39, 0.29) is 12.6 Å². The van der Waals surface area contributed by atoms with Gasteiger partial charge < -0.3 is 56.8 Å². The van der Waals surface area contributed by atoms with Crippen LogP contribution in [0.5, 0.6) is 0 Å². The summed E-state index contributed by atoms with van der Waals surface area (Å²) in [6.45, 7) is 13.6. The summed E-state index contributed by atoms with van der Waals surface area (Å²) in [6, 6.07) is 10.1. The third-order valence-electron chi connectivity index (χ3n) is 7.81. The van der Waals surface area contributed by atoms with Crippen LogP contribution in [0.1, 0.15) is 76.7 Å². The molecule has 0 spiro atoms. The number of benzene rings is 1. The fraction of sp³-hybridized carbons (Fsp3) is 0.829. The van der Waals surface area contributed by atoms with Crippen molar-refractivity contribution in [3.63, 3.8) is 0 Å². The largest absolute Gasteiger partial charge is 0.463 e. The minimum atomic E-state index is -0.137. The first-order chi connectivity index (χ1) is 26.8. The summed E-state index contributed by atoms with van der Waals surface area (Å²) in [5.74, 6) is -0.137. The van der Waals surface area contributed by atoms with E-state index in [2.05, 4.69) is 6.92 Å². The second kappa shape index (κ2) is 44.0. The SMILES string of the molecule is CCCCCCCCCCCC(=O)OCCOCCOCCOCCOCCOCCOCCOCCOCCOCCOCCOCc1ccccc1. The number of rotatable bonds is 45. The zero-order chi connectivity index (χ0) is 38.5. The summed E-state index contributed by atoms with van der Waals surface area (Å²) in [4.78, 5) is 11.8. The highest BCUT2D eigenvalue weighted by Gasteiger charge is 2.03. The fourth-order valence-corrected chi connectivity index (χ4v) is 4.83. The normalized spacial score (nSPS) is 11.4. The smallest absolute Gasteiger partial charge is 0.305 e. The van der Waals surface area contributed by atoms with Gasteiger partial charge in [-0.3, -0.25) is 4.79 Å². The van der Waals surface area contributed by atoms with E-state index in [0.717, 1.165) is 18.4 Å². The molecule has 0 aliphatic carbocycles. The minimum absolute atomic E-state index is 0.137. The number of carbonyl (C=O) groups excluding carboxylic acids is 1. The van der Waals surface area contributed by atoms with Gasteiger partial charge in [-0.05, 0) is 12.0 Å². The van der Waals surface area contributed by atoms with Crippen molar-refractivity contribution in [2.24, 2.45) is 0 Å². The first-order valence-electron chi connectivity index (χ1n) is 20.4. The van der Waals surface area contributed by atoms with Crippen LogP contribution in [-0.4, -0.2) is 151 Å². The zero-order valence-electron chi connectivity index (χ0n) is 33.5. The van der Waals surface area contributed by atoms with Crippen LogP contribution in [0.15, 0.2) is 30.3 Å². The Labute approximate surface area is 326 Å². The number of esters is 1. The molecule has 0 saturated heterocycles. The Hall–Kier alpha value is -1.75. The first kappa shape index (κ1) is 50.3. The Balaban J connectivity index is 1.62. The van der Waals surface area contributed by atoms with Gasteiger partial charge in [-0.1, -0.05) is 88.6 Å². The lowest BCUT2D eigenvalue weighted by molar-refractivity contribution is -0.145. The Morgan fingerprint density at radius 1 is 0.370 bits per heavy atom. The van der Waals surface area contributed by atoms with Crippen molar-refractivity contribution < 1.29 is 61.6 Å². The van der Waals surface area contributed by atoms with Gasteiger partial charge in [0.25, 0.3) is 0 Å². The maximum Gasteiger partial charge on any atom is 0.305 e. The summed E-state index contributed by atoms with van der Waals surface area (Å²) in [7, 11) is 0. The molecule has 0 aromatic heterocycles. The van der Waals surface area contributed by atoms with E-state index >= 15 is 0 Å². The molecular formula is C41H74O13. The maximum absolute atomic E-state index is 11.8. The molecule has 13 nitrogen and oxygen atoms in total. The molecule has 13 heteroatoms. The van der Waals surface area contributed by atoms with Crippen molar-refractivity contribution in [3.8, 4) is 0 Å². The van der Waals surface area contributed by atoms with E-state index in [9.17, 15) is 4.79 Å². The van der Waals surface area contributed by atoms with Crippen LogP contribution in [0.2, 0.25) is 0 Å². The van der Waals surface area contributed by atoms with Crippen LogP contribution in [0.4, 0.5) is 0 Å². The van der Waals surface area contributed by atoms with Gasteiger partial charge in [-0.15, -0.1) is 0 Å². The van der Waals surface area contributed by atoms with Crippen molar-refractivity contribution in [1.29, 1.82) is 0 Å². The average molecular weight is 775 g/mol. The van der Waals surface area contributed by atoms with E-state index in [4.69, 9.17) is 56.8 Å². The monoisotopic (exact) mass is 775 g/mol. The van der Waals surface area contributed by atoms with E-state index in [1.807, 2.05) is 30.3 Å². The predicted molar refractivity (Wildman–Crippen MR) is 207 cm³/mol. The molecule has 1 rings (SSSR count). The Bertz CT molecular complexity index is 865. The highest BCUT2D eigenvalue weighted by molar-refractivity contribution is 5.69. The Morgan fingerprint density at radius 2 is 0.667 bits per heavy atom. The third-order valence-corrected chi connectivity index (χ3v) is 7.81. The average Bonchev–Trinajstić information content (AvgIpc) is 3.19. The highest BCUT2D eigenvalue weighted by atomic mass is 16.6. The molecule has 0 amide bonds. The molecule has 0 saturated carbocycles. The van der Waals surface area contributed by atoms with Crippen LogP contribution in [0.25, 0.3) is 0 Å². The van der Waals surface area contributed by atoms with Crippen LogP contribution < -0.4 is 0 Å². The molecule has 0 heterocycles. The molecule has 1 aromatic rings. The standard InChI is InChI=1S/C41H74O13/c1-2-3-4-5-6-7-8-9-13-16-41(42)54-38-37-52-34-33-50-30-29-48-26-25-46-22-21-44-18-17-43-19-20-45-23-24-47-27-28-49-31-32-51-35-36-53-39-40-14-11-10-12-15-40/h10-12,14-15H,2-9,13,16-39H2,1H3. The molecule has 1 aromatic carbocycles. The molecule has 0 atom stereocenters. The first-order valence-corrected chi connectivity index (χ1v) is 20.4. The van der Waals surface area contributed by atoms with Crippen LogP contribution >= 0.6 is 0 Å². The minimum Gasteiger partial charge on any atom is -0.463 e. The lowest BCUT2D eigenvalue weighted by Crippen LogP contribution is -2.15. The van der Waals surface area contributed by atoms with Gasteiger partial charge in [0, 0.05) is 6.42 Å². The molecule has 0 bridgehead atoms. The van der Waals surface area contributed by atoms with Crippen LogP contribution in [0, 0.1) is 0 Å². The van der Waals surface area contributed by atoms with Crippen molar-refractivity contribution in [2.75, 3.05) is 145 Å². The summed E-state index contributed by atoms with van der Waals surface area (Å²) >= 11 is 0.